The molecule has 0 spiro atoms. The predicted octanol–water partition coefficient (Wildman–Crippen LogP) is 1.48. The molecule has 0 bridgehead atoms. The van der Waals surface area contributed by atoms with E-state index in [0.29, 0.717) is 19.4 Å². The van der Waals surface area contributed by atoms with Crippen LogP contribution in [0.5, 0.6) is 0 Å². The molecule has 6 nitrogen and oxygen atoms in total. The lowest BCUT2D eigenvalue weighted by Gasteiger charge is -2.21. The second-order valence-corrected chi connectivity index (χ2v) is 5.21. The Kier molecular flexibility index (Phi) is 4.55. The van der Waals surface area contributed by atoms with E-state index < -0.39 is 5.97 Å². The maximum Gasteiger partial charge on any atom is 0.317 e. The molecular weight excluding hydrogens is 258 g/mol. The Morgan fingerprint density at radius 1 is 1.40 bits per heavy atom. The molecule has 1 aromatic heterocycles. The van der Waals surface area contributed by atoms with Gasteiger partial charge in [-0.3, -0.25) is 9.78 Å². The molecule has 6 heteroatoms. The van der Waals surface area contributed by atoms with E-state index in [1.54, 1.807) is 24.3 Å². The van der Waals surface area contributed by atoms with Crippen molar-refractivity contribution >= 4 is 12.0 Å². The normalized spacial score (nSPS) is 21.4. The molecule has 0 aromatic carbocycles. The van der Waals surface area contributed by atoms with Gasteiger partial charge in [-0.25, -0.2) is 4.79 Å². The Hall–Kier alpha value is -2.11. The number of amides is 2. The van der Waals surface area contributed by atoms with Crippen molar-refractivity contribution < 1.29 is 14.7 Å². The highest BCUT2D eigenvalue weighted by molar-refractivity contribution is 5.75. The van der Waals surface area contributed by atoms with Gasteiger partial charge in [0.15, 0.2) is 0 Å². The zero-order valence-electron chi connectivity index (χ0n) is 11.5. The summed E-state index contributed by atoms with van der Waals surface area (Å²) in [4.78, 5) is 28.4. The summed E-state index contributed by atoms with van der Waals surface area (Å²) >= 11 is 0. The third-order valence-corrected chi connectivity index (χ3v) is 3.63. The van der Waals surface area contributed by atoms with Gasteiger partial charge >= 0.3 is 12.0 Å². The van der Waals surface area contributed by atoms with Crippen molar-refractivity contribution in [3.8, 4) is 0 Å². The Labute approximate surface area is 117 Å². The Balaban J connectivity index is 1.81. The number of nitrogens with one attached hydrogen (secondary N) is 1. The first-order chi connectivity index (χ1) is 9.56. The van der Waals surface area contributed by atoms with Gasteiger partial charge in [-0.15, -0.1) is 0 Å². The van der Waals surface area contributed by atoms with Crippen molar-refractivity contribution in [2.45, 2.75) is 31.8 Å². The van der Waals surface area contributed by atoms with Crippen molar-refractivity contribution in [2.24, 2.45) is 5.92 Å². The molecule has 1 heterocycles. The quantitative estimate of drug-likeness (QED) is 0.873. The van der Waals surface area contributed by atoms with Crippen LogP contribution >= 0.6 is 0 Å². The lowest BCUT2D eigenvalue weighted by Crippen LogP contribution is -2.42. The molecule has 1 aliphatic carbocycles. The van der Waals surface area contributed by atoms with Crippen LogP contribution in [-0.4, -0.2) is 40.1 Å². The number of aromatic nitrogens is 1. The van der Waals surface area contributed by atoms with Crippen molar-refractivity contribution in [1.82, 2.24) is 15.2 Å². The molecule has 2 N–H and O–H groups in total. The van der Waals surface area contributed by atoms with Crippen LogP contribution in [0.25, 0.3) is 0 Å². The Bertz CT molecular complexity index is 478. The first kappa shape index (κ1) is 14.3. The molecule has 1 aliphatic rings. The molecular formula is C14H19N3O3. The molecule has 1 aromatic rings. The van der Waals surface area contributed by atoms with Gasteiger partial charge < -0.3 is 15.3 Å². The summed E-state index contributed by atoms with van der Waals surface area (Å²) in [6.07, 6.45) is 5.26. The zero-order chi connectivity index (χ0) is 14.5. The molecule has 20 heavy (non-hydrogen) atoms. The first-order valence-electron chi connectivity index (χ1n) is 6.69. The van der Waals surface area contributed by atoms with Gasteiger partial charge in [-0.2, -0.15) is 0 Å². The summed E-state index contributed by atoms with van der Waals surface area (Å²) < 4.78 is 0. The highest BCUT2D eigenvalue weighted by Gasteiger charge is 2.30. The van der Waals surface area contributed by atoms with E-state index in [2.05, 4.69) is 10.3 Å². The van der Waals surface area contributed by atoms with Crippen molar-refractivity contribution in [3.05, 3.63) is 30.1 Å². The van der Waals surface area contributed by atoms with E-state index in [9.17, 15) is 9.59 Å². The van der Waals surface area contributed by atoms with Crippen LogP contribution in [0.15, 0.2) is 24.5 Å². The monoisotopic (exact) mass is 277 g/mol. The Morgan fingerprint density at radius 2 is 2.10 bits per heavy atom. The minimum Gasteiger partial charge on any atom is -0.481 e. The van der Waals surface area contributed by atoms with Crippen LogP contribution in [0, 0.1) is 5.92 Å². The molecule has 2 atom stereocenters. The van der Waals surface area contributed by atoms with Gasteiger partial charge in [0.2, 0.25) is 0 Å². The summed E-state index contributed by atoms with van der Waals surface area (Å²) in [5, 5.41) is 11.8. The number of carbonyl (C=O) groups excluding carboxylic acids is 1. The largest absolute Gasteiger partial charge is 0.481 e. The van der Waals surface area contributed by atoms with Crippen molar-refractivity contribution in [1.29, 1.82) is 0 Å². The van der Waals surface area contributed by atoms with Crippen LogP contribution in [-0.2, 0) is 11.3 Å². The number of urea groups is 1. The molecule has 0 unspecified atom stereocenters. The lowest BCUT2D eigenvalue weighted by atomic mass is 10.1. The summed E-state index contributed by atoms with van der Waals surface area (Å²) in [5.74, 6) is -1.10. The highest BCUT2D eigenvalue weighted by atomic mass is 16.4. The Morgan fingerprint density at radius 3 is 2.70 bits per heavy atom. The SMILES string of the molecule is CN(Cc1ccncc1)C(=O)N[C@H]1CC[C@@H](C(=O)O)C1. The van der Waals surface area contributed by atoms with Gasteiger partial charge in [0.05, 0.1) is 5.92 Å². The maximum absolute atomic E-state index is 12.0. The number of nitrogens with zero attached hydrogens (tertiary/aromatic N) is 2. The van der Waals surface area contributed by atoms with Crippen LogP contribution in [0.3, 0.4) is 0 Å². The van der Waals surface area contributed by atoms with Gasteiger partial charge in [0.1, 0.15) is 0 Å². The summed E-state index contributed by atoms with van der Waals surface area (Å²) in [7, 11) is 1.72. The third kappa shape index (κ3) is 3.69. The fourth-order valence-electron chi connectivity index (χ4n) is 2.46. The van der Waals surface area contributed by atoms with Crippen molar-refractivity contribution in [2.75, 3.05) is 7.05 Å². The lowest BCUT2D eigenvalue weighted by molar-refractivity contribution is -0.141. The molecule has 108 valence electrons. The average molecular weight is 277 g/mol. The van der Waals surface area contributed by atoms with E-state index in [1.165, 1.54) is 0 Å². The third-order valence-electron chi connectivity index (χ3n) is 3.63. The number of hydrogen-bond donors (Lipinski definition) is 2. The van der Waals surface area contributed by atoms with Gasteiger partial charge in [-0.05, 0) is 37.0 Å². The molecule has 0 radical (unpaired) electrons. The van der Waals surface area contributed by atoms with Crippen LogP contribution in [0.1, 0.15) is 24.8 Å². The van der Waals surface area contributed by atoms with Gasteiger partial charge in [0.25, 0.3) is 0 Å². The molecule has 1 saturated carbocycles. The number of rotatable bonds is 4. The van der Waals surface area contributed by atoms with Gasteiger partial charge in [-0.1, -0.05) is 0 Å². The van der Waals surface area contributed by atoms with E-state index in [1.807, 2.05) is 12.1 Å². The van der Waals surface area contributed by atoms with Gasteiger partial charge in [0, 0.05) is 32.0 Å². The number of carboxylic acids is 1. The first-order valence-corrected chi connectivity index (χ1v) is 6.69. The van der Waals surface area contributed by atoms with E-state index in [-0.39, 0.29) is 18.0 Å². The minimum absolute atomic E-state index is 0.0384. The molecule has 2 amide bonds. The molecule has 1 fully saturated rings. The fraction of sp³-hybridized carbons (Fsp3) is 0.500. The zero-order valence-corrected chi connectivity index (χ0v) is 11.5. The maximum atomic E-state index is 12.0. The highest BCUT2D eigenvalue weighted by Crippen LogP contribution is 2.25. The second-order valence-electron chi connectivity index (χ2n) is 5.21. The van der Waals surface area contributed by atoms with E-state index in [0.717, 1.165) is 12.0 Å². The second kappa shape index (κ2) is 6.36. The number of carboxylic acid groups (broad SMARTS) is 1. The summed E-state index contributed by atoms with van der Waals surface area (Å²) in [5.41, 5.74) is 1.01. The fourth-order valence-corrected chi connectivity index (χ4v) is 2.46. The van der Waals surface area contributed by atoms with Crippen molar-refractivity contribution in [3.63, 3.8) is 0 Å². The van der Waals surface area contributed by atoms with Crippen LogP contribution in [0.2, 0.25) is 0 Å². The standard InChI is InChI=1S/C14H19N3O3/c1-17(9-10-4-6-15-7-5-10)14(20)16-12-3-2-11(8-12)13(18)19/h4-7,11-12H,2-3,8-9H2,1H3,(H,16,20)(H,18,19)/t11-,12+/m1/s1. The topological polar surface area (TPSA) is 82.5 Å². The van der Waals surface area contributed by atoms with Crippen LogP contribution in [0.4, 0.5) is 4.79 Å². The van der Waals surface area contributed by atoms with E-state index >= 15 is 0 Å². The predicted molar refractivity (Wildman–Crippen MR) is 73.0 cm³/mol. The summed E-state index contributed by atoms with van der Waals surface area (Å²) in [6.45, 7) is 0.503. The number of hydrogen-bond acceptors (Lipinski definition) is 3. The number of pyridine rings is 1. The molecule has 0 saturated heterocycles. The molecule has 2 rings (SSSR count). The average Bonchev–Trinajstić information content (AvgIpc) is 2.88. The van der Waals surface area contributed by atoms with E-state index in [4.69, 9.17) is 5.11 Å². The minimum atomic E-state index is -0.771. The van der Waals surface area contributed by atoms with Crippen LogP contribution < -0.4 is 5.32 Å². The smallest absolute Gasteiger partial charge is 0.317 e. The number of carbonyl (C=O) groups is 2. The molecule has 0 aliphatic heterocycles. The number of aliphatic carboxylic acids is 1. The summed E-state index contributed by atoms with van der Waals surface area (Å²) in [6, 6.07) is 3.51.